The number of hydrogen-bond donors (Lipinski definition) is 2. The number of hydrogen-bond acceptors (Lipinski definition) is 6. The molecule has 0 aliphatic rings. The van der Waals surface area contributed by atoms with Gasteiger partial charge in [-0.05, 0) is 23.8 Å². The molecule has 134 valence electrons. The highest BCUT2D eigenvalue weighted by Crippen LogP contribution is 2.28. The molecule has 0 saturated carbocycles. The fraction of sp³-hybridized carbons (Fsp3) is 0.0556. The summed E-state index contributed by atoms with van der Waals surface area (Å²) in [5, 5.41) is 16.1. The molecule has 8 nitrogen and oxygen atoms in total. The number of non-ortho nitro benzene ring substituents is 1. The number of fused-ring (bicyclic) bond motifs is 1. The number of aromatic nitrogens is 3. The number of rotatable bonds is 5. The summed E-state index contributed by atoms with van der Waals surface area (Å²) in [5.41, 5.74) is 3.24. The van der Waals surface area contributed by atoms with Crippen LogP contribution in [0.4, 0.5) is 11.5 Å². The van der Waals surface area contributed by atoms with E-state index in [0.717, 1.165) is 21.6 Å². The Bertz CT molecular complexity index is 1150. The van der Waals surface area contributed by atoms with Gasteiger partial charge in [0.2, 0.25) is 5.91 Å². The Labute approximate surface area is 157 Å². The van der Waals surface area contributed by atoms with Crippen molar-refractivity contribution in [1.82, 2.24) is 15.0 Å². The van der Waals surface area contributed by atoms with Gasteiger partial charge in [-0.2, -0.15) is 0 Å². The fourth-order valence-electron chi connectivity index (χ4n) is 2.68. The van der Waals surface area contributed by atoms with Crippen molar-refractivity contribution in [2.45, 2.75) is 6.42 Å². The van der Waals surface area contributed by atoms with Crippen LogP contribution in [-0.2, 0) is 11.2 Å². The third-order valence-electron chi connectivity index (χ3n) is 3.93. The highest BCUT2D eigenvalue weighted by atomic mass is 32.1. The highest BCUT2D eigenvalue weighted by Gasteiger charge is 2.12. The molecule has 0 unspecified atom stereocenters. The summed E-state index contributed by atoms with van der Waals surface area (Å²) in [6.07, 6.45) is 1.67. The fourth-order valence-corrected chi connectivity index (χ4v) is 3.43. The zero-order valence-electron chi connectivity index (χ0n) is 13.9. The summed E-state index contributed by atoms with van der Waals surface area (Å²) in [5.74, 6) is 0.169. The van der Waals surface area contributed by atoms with Gasteiger partial charge in [0.05, 0.1) is 28.7 Å². The van der Waals surface area contributed by atoms with Gasteiger partial charge in [-0.25, -0.2) is 9.97 Å². The van der Waals surface area contributed by atoms with E-state index in [9.17, 15) is 14.9 Å². The molecular formula is C18H13N5O3S. The second-order valence-electron chi connectivity index (χ2n) is 5.82. The third kappa shape index (κ3) is 3.67. The van der Waals surface area contributed by atoms with Gasteiger partial charge in [-0.1, -0.05) is 12.1 Å². The number of H-pyrrole nitrogens is 1. The Hall–Kier alpha value is -3.59. The monoisotopic (exact) mass is 379 g/mol. The summed E-state index contributed by atoms with van der Waals surface area (Å²) in [6.45, 7) is 0. The van der Waals surface area contributed by atoms with Crippen LogP contribution in [0.1, 0.15) is 5.56 Å². The van der Waals surface area contributed by atoms with Gasteiger partial charge in [0.1, 0.15) is 10.8 Å². The Morgan fingerprint density at radius 2 is 2.15 bits per heavy atom. The summed E-state index contributed by atoms with van der Waals surface area (Å²) in [7, 11) is 0. The van der Waals surface area contributed by atoms with Crippen molar-refractivity contribution in [3.63, 3.8) is 0 Å². The minimum Gasteiger partial charge on any atom is -0.345 e. The Morgan fingerprint density at radius 1 is 1.26 bits per heavy atom. The number of nitrogens with one attached hydrogen (secondary N) is 2. The van der Waals surface area contributed by atoms with Gasteiger partial charge in [0.15, 0.2) is 0 Å². The average Bonchev–Trinajstić information content (AvgIpc) is 3.30. The van der Waals surface area contributed by atoms with Crippen LogP contribution in [0.25, 0.3) is 21.6 Å². The van der Waals surface area contributed by atoms with E-state index in [1.807, 2.05) is 18.2 Å². The molecule has 27 heavy (non-hydrogen) atoms. The minimum absolute atomic E-state index is 0.0355. The number of anilines is 1. The van der Waals surface area contributed by atoms with E-state index >= 15 is 0 Å². The van der Waals surface area contributed by atoms with Crippen LogP contribution in [0.5, 0.6) is 0 Å². The van der Waals surface area contributed by atoms with Crippen LogP contribution in [0.3, 0.4) is 0 Å². The number of carbonyl (C=O) groups excluding carboxylic acids is 1. The summed E-state index contributed by atoms with van der Waals surface area (Å²) in [4.78, 5) is 34.3. The number of amides is 1. The summed E-state index contributed by atoms with van der Waals surface area (Å²) in [6, 6.07) is 11.8. The molecule has 0 saturated heterocycles. The standard InChI is InChI=1S/C18H13N5O3S/c24-17(7-11-2-1-3-13(6-11)23(25)26)21-16-9-27-18(22-16)12-4-5-14-15(8-12)20-10-19-14/h1-6,8-10H,7H2,(H,19,20)(H,21,24). The zero-order valence-corrected chi connectivity index (χ0v) is 14.7. The van der Waals surface area contributed by atoms with Gasteiger partial charge >= 0.3 is 0 Å². The zero-order chi connectivity index (χ0) is 18.8. The number of nitro benzene ring substituents is 1. The molecule has 4 aromatic rings. The van der Waals surface area contributed by atoms with Crippen LogP contribution in [0, 0.1) is 10.1 Å². The van der Waals surface area contributed by atoms with Crippen molar-refractivity contribution >= 4 is 39.8 Å². The van der Waals surface area contributed by atoms with Crippen molar-refractivity contribution in [3.8, 4) is 10.6 Å². The molecule has 0 bridgehead atoms. The lowest BCUT2D eigenvalue weighted by Crippen LogP contribution is -2.14. The van der Waals surface area contributed by atoms with E-state index in [2.05, 4.69) is 20.3 Å². The average molecular weight is 379 g/mol. The Balaban J connectivity index is 1.46. The van der Waals surface area contributed by atoms with E-state index in [1.165, 1.54) is 23.5 Å². The second kappa shape index (κ2) is 6.96. The first-order valence-electron chi connectivity index (χ1n) is 8.01. The molecule has 9 heteroatoms. The van der Waals surface area contributed by atoms with Crippen molar-refractivity contribution in [2.75, 3.05) is 5.32 Å². The van der Waals surface area contributed by atoms with Crippen LogP contribution >= 0.6 is 11.3 Å². The van der Waals surface area contributed by atoms with Gasteiger partial charge in [-0.15, -0.1) is 11.3 Å². The van der Waals surface area contributed by atoms with Crippen molar-refractivity contribution in [1.29, 1.82) is 0 Å². The molecule has 2 heterocycles. The van der Waals surface area contributed by atoms with Crippen LogP contribution in [0.2, 0.25) is 0 Å². The first-order chi connectivity index (χ1) is 13.1. The molecule has 2 aromatic heterocycles. The normalized spacial score (nSPS) is 10.8. The Morgan fingerprint density at radius 3 is 3.00 bits per heavy atom. The number of imidazole rings is 1. The molecule has 0 aliphatic heterocycles. The first-order valence-corrected chi connectivity index (χ1v) is 8.89. The Kier molecular flexibility index (Phi) is 4.35. The van der Waals surface area contributed by atoms with E-state index < -0.39 is 4.92 Å². The summed E-state index contributed by atoms with van der Waals surface area (Å²) >= 11 is 1.42. The number of thiazole rings is 1. The molecule has 0 spiro atoms. The number of carbonyl (C=O) groups is 1. The van der Waals surface area contributed by atoms with E-state index in [1.54, 1.807) is 23.8 Å². The van der Waals surface area contributed by atoms with Crippen molar-refractivity contribution in [3.05, 3.63) is 69.8 Å². The minimum atomic E-state index is -0.482. The maximum atomic E-state index is 12.2. The molecule has 0 radical (unpaired) electrons. The molecule has 0 aliphatic carbocycles. The molecule has 1 amide bonds. The second-order valence-corrected chi connectivity index (χ2v) is 6.68. The van der Waals surface area contributed by atoms with E-state index in [0.29, 0.717) is 11.4 Å². The first kappa shape index (κ1) is 16.9. The van der Waals surface area contributed by atoms with Gasteiger partial charge in [0, 0.05) is 23.1 Å². The predicted molar refractivity (Wildman–Crippen MR) is 103 cm³/mol. The number of benzene rings is 2. The molecule has 2 N–H and O–H groups in total. The van der Waals surface area contributed by atoms with Crippen LogP contribution < -0.4 is 5.32 Å². The molecule has 4 rings (SSSR count). The quantitative estimate of drug-likeness (QED) is 0.405. The maximum absolute atomic E-state index is 12.2. The van der Waals surface area contributed by atoms with Crippen LogP contribution in [0.15, 0.2) is 54.2 Å². The summed E-state index contributed by atoms with van der Waals surface area (Å²) < 4.78 is 0. The SMILES string of the molecule is O=C(Cc1cccc([N+](=O)[O-])c1)Nc1csc(-c2ccc3[nH]cnc3c2)n1. The lowest BCUT2D eigenvalue weighted by Gasteiger charge is -2.02. The molecule has 0 fully saturated rings. The smallest absolute Gasteiger partial charge is 0.269 e. The largest absolute Gasteiger partial charge is 0.345 e. The molecular weight excluding hydrogens is 366 g/mol. The van der Waals surface area contributed by atoms with Crippen molar-refractivity contribution < 1.29 is 9.72 Å². The van der Waals surface area contributed by atoms with Gasteiger partial charge in [0.25, 0.3) is 5.69 Å². The van der Waals surface area contributed by atoms with E-state index in [4.69, 9.17) is 0 Å². The number of nitrogens with zero attached hydrogens (tertiary/aromatic N) is 3. The molecule has 2 aromatic carbocycles. The van der Waals surface area contributed by atoms with Gasteiger partial charge in [-0.3, -0.25) is 14.9 Å². The topological polar surface area (TPSA) is 114 Å². The number of aromatic amines is 1. The maximum Gasteiger partial charge on any atom is 0.269 e. The highest BCUT2D eigenvalue weighted by molar-refractivity contribution is 7.13. The lowest BCUT2D eigenvalue weighted by molar-refractivity contribution is -0.384. The van der Waals surface area contributed by atoms with Crippen molar-refractivity contribution in [2.24, 2.45) is 0 Å². The number of nitro groups is 1. The van der Waals surface area contributed by atoms with Crippen LogP contribution in [-0.4, -0.2) is 25.8 Å². The van der Waals surface area contributed by atoms with E-state index in [-0.39, 0.29) is 18.0 Å². The third-order valence-corrected chi connectivity index (χ3v) is 4.82. The lowest BCUT2D eigenvalue weighted by atomic mass is 10.1. The predicted octanol–water partition coefficient (Wildman–Crippen LogP) is 3.78. The molecule has 0 atom stereocenters. The van der Waals surface area contributed by atoms with Gasteiger partial charge < -0.3 is 10.3 Å².